The fourth-order valence-corrected chi connectivity index (χ4v) is 3.27. The SMILES string of the molecule is Cn1cc(-c2ccc(C(O)(Cc3ncc(CC(C)(C)C)[nH]3)C(F)(F)F)cc2)cn1. The number of imidazole rings is 1. The van der Waals surface area contributed by atoms with Gasteiger partial charge in [-0.1, -0.05) is 45.0 Å². The number of benzene rings is 1. The lowest BCUT2D eigenvalue weighted by molar-refractivity contribution is -0.266. The molecule has 0 aliphatic heterocycles. The number of rotatable bonds is 5. The maximum absolute atomic E-state index is 13.9. The van der Waals surface area contributed by atoms with Crippen molar-refractivity contribution in [2.75, 3.05) is 0 Å². The van der Waals surface area contributed by atoms with Crippen molar-refractivity contribution in [2.24, 2.45) is 12.5 Å². The van der Waals surface area contributed by atoms with E-state index in [1.165, 1.54) is 18.3 Å². The highest BCUT2D eigenvalue weighted by molar-refractivity contribution is 5.62. The minimum Gasteiger partial charge on any atom is -0.376 e. The number of alkyl halides is 3. The largest absolute Gasteiger partial charge is 0.421 e. The van der Waals surface area contributed by atoms with Crippen molar-refractivity contribution < 1.29 is 18.3 Å². The first-order valence-electron chi connectivity index (χ1n) is 9.29. The van der Waals surface area contributed by atoms with Gasteiger partial charge in [0.05, 0.1) is 6.20 Å². The Balaban J connectivity index is 1.89. The topological polar surface area (TPSA) is 66.7 Å². The normalized spacial score (nSPS) is 14.8. The van der Waals surface area contributed by atoms with Crippen LogP contribution in [0.15, 0.2) is 42.9 Å². The molecule has 8 heteroatoms. The molecule has 0 aliphatic carbocycles. The second kappa shape index (κ2) is 7.33. The van der Waals surface area contributed by atoms with E-state index in [9.17, 15) is 18.3 Å². The van der Waals surface area contributed by atoms with Gasteiger partial charge in [-0.25, -0.2) is 4.98 Å². The Hall–Kier alpha value is -2.61. The van der Waals surface area contributed by atoms with Crippen LogP contribution in [0, 0.1) is 5.41 Å². The third-order valence-electron chi connectivity index (χ3n) is 4.69. The van der Waals surface area contributed by atoms with E-state index in [1.54, 1.807) is 36.3 Å². The molecule has 2 heterocycles. The zero-order valence-corrected chi connectivity index (χ0v) is 16.9. The van der Waals surface area contributed by atoms with E-state index in [0.717, 1.165) is 16.8 Å². The highest BCUT2D eigenvalue weighted by Crippen LogP contribution is 2.41. The van der Waals surface area contributed by atoms with Gasteiger partial charge in [-0.15, -0.1) is 0 Å². The average Bonchev–Trinajstić information content (AvgIpc) is 3.21. The first-order valence-corrected chi connectivity index (χ1v) is 9.29. The van der Waals surface area contributed by atoms with Crippen LogP contribution in [-0.2, 0) is 25.5 Å². The van der Waals surface area contributed by atoms with Crippen molar-refractivity contribution in [3.63, 3.8) is 0 Å². The predicted octanol–water partition coefficient (Wildman–Crippen LogP) is 4.39. The maximum Gasteiger partial charge on any atom is 0.421 e. The highest BCUT2D eigenvalue weighted by Gasteiger charge is 2.55. The standard InChI is InChI=1S/C21H25F3N4O/c1-19(2,3)9-17-12-25-18(27-17)10-20(29,21(22,23)24)16-7-5-14(6-8-16)15-11-26-28(4)13-15/h5-8,11-13,29H,9-10H2,1-4H3,(H,25,27). The molecule has 0 radical (unpaired) electrons. The van der Waals surface area contributed by atoms with Crippen molar-refractivity contribution >= 4 is 0 Å². The molecule has 0 amide bonds. The fraction of sp³-hybridized carbons (Fsp3) is 0.429. The van der Waals surface area contributed by atoms with E-state index in [2.05, 4.69) is 15.1 Å². The number of aromatic nitrogens is 4. The van der Waals surface area contributed by atoms with Crippen LogP contribution in [0.3, 0.4) is 0 Å². The molecule has 1 atom stereocenters. The van der Waals surface area contributed by atoms with Crippen molar-refractivity contribution in [3.8, 4) is 11.1 Å². The molecule has 2 aromatic heterocycles. The number of hydrogen-bond acceptors (Lipinski definition) is 3. The van der Waals surface area contributed by atoms with Crippen LogP contribution in [0.5, 0.6) is 0 Å². The Morgan fingerprint density at radius 3 is 2.17 bits per heavy atom. The van der Waals surface area contributed by atoms with Gasteiger partial charge in [0.2, 0.25) is 0 Å². The van der Waals surface area contributed by atoms with Crippen LogP contribution in [0.2, 0.25) is 0 Å². The molecule has 1 unspecified atom stereocenters. The van der Waals surface area contributed by atoms with Gasteiger partial charge in [-0.2, -0.15) is 18.3 Å². The van der Waals surface area contributed by atoms with Crippen molar-refractivity contribution in [1.82, 2.24) is 19.7 Å². The minimum absolute atomic E-state index is 0.0355. The summed E-state index contributed by atoms with van der Waals surface area (Å²) in [5, 5.41) is 14.7. The van der Waals surface area contributed by atoms with Gasteiger partial charge < -0.3 is 10.1 Å². The molecule has 29 heavy (non-hydrogen) atoms. The van der Waals surface area contributed by atoms with Crippen LogP contribution >= 0.6 is 0 Å². The van der Waals surface area contributed by atoms with E-state index >= 15 is 0 Å². The molecule has 3 rings (SSSR count). The van der Waals surface area contributed by atoms with E-state index in [0.29, 0.717) is 6.42 Å². The van der Waals surface area contributed by atoms with Gasteiger partial charge >= 0.3 is 6.18 Å². The van der Waals surface area contributed by atoms with Crippen LogP contribution in [0.4, 0.5) is 13.2 Å². The summed E-state index contributed by atoms with van der Waals surface area (Å²) in [5.74, 6) is 0.0976. The molecule has 0 aliphatic rings. The van der Waals surface area contributed by atoms with Crippen molar-refractivity contribution in [2.45, 2.75) is 45.4 Å². The number of aliphatic hydroxyl groups is 1. The number of aryl methyl sites for hydroxylation is 1. The lowest BCUT2D eigenvalue weighted by Gasteiger charge is -2.30. The molecule has 156 valence electrons. The predicted molar refractivity (Wildman–Crippen MR) is 104 cm³/mol. The number of hydrogen-bond donors (Lipinski definition) is 2. The van der Waals surface area contributed by atoms with Gasteiger partial charge in [-0.05, 0) is 23.0 Å². The van der Waals surface area contributed by atoms with Gasteiger partial charge in [0.15, 0.2) is 5.60 Å². The van der Waals surface area contributed by atoms with Gasteiger partial charge in [0.1, 0.15) is 5.82 Å². The van der Waals surface area contributed by atoms with E-state index in [1.807, 2.05) is 20.8 Å². The number of aromatic amines is 1. The smallest absolute Gasteiger partial charge is 0.376 e. The summed E-state index contributed by atoms with van der Waals surface area (Å²) in [4.78, 5) is 6.99. The third-order valence-corrected chi connectivity index (χ3v) is 4.69. The summed E-state index contributed by atoms with van der Waals surface area (Å²) in [7, 11) is 1.76. The lowest BCUT2D eigenvalue weighted by Crippen LogP contribution is -2.44. The van der Waals surface area contributed by atoms with Gasteiger partial charge in [0.25, 0.3) is 0 Å². The summed E-state index contributed by atoms with van der Waals surface area (Å²) in [6.45, 7) is 6.09. The quantitative estimate of drug-likeness (QED) is 0.660. The zero-order valence-electron chi connectivity index (χ0n) is 16.9. The molecule has 0 saturated carbocycles. The summed E-state index contributed by atoms with van der Waals surface area (Å²) >= 11 is 0. The first-order chi connectivity index (χ1) is 13.4. The molecule has 5 nitrogen and oxygen atoms in total. The Kier molecular flexibility index (Phi) is 5.34. The van der Waals surface area contributed by atoms with E-state index in [-0.39, 0.29) is 16.8 Å². The molecule has 3 aromatic rings. The molecule has 0 spiro atoms. The molecular weight excluding hydrogens is 381 g/mol. The maximum atomic E-state index is 13.9. The number of H-pyrrole nitrogens is 1. The van der Waals surface area contributed by atoms with Gasteiger partial charge in [0, 0.05) is 37.1 Å². The second-order valence-corrected chi connectivity index (χ2v) is 8.61. The van der Waals surface area contributed by atoms with Gasteiger partial charge in [-0.3, -0.25) is 4.68 Å². The summed E-state index contributed by atoms with van der Waals surface area (Å²) < 4.78 is 43.2. The molecule has 1 aromatic carbocycles. The number of halogens is 3. The number of nitrogens with zero attached hydrogens (tertiary/aromatic N) is 3. The Bertz CT molecular complexity index is 967. The first kappa shape index (κ1) is 21.1. The number of nitrogens with one attached hydrogen (secondary N) is 1. The second-order valence-electron chi connectivity index (χ2n) is 8.61. The average molecular weight is 406 g/mol. The third kappa shape index (κ3) is 4.70. The molecule has 2 N–H and O–H groups in total. The minimum atomic E-state index is -4.86. The summed E-state index contributed by atoms with van der Waals surface area (Å²) in [5.41, 5.74) is -1.07. The Labute approximate surface area is 167 Å². The fourth-order valence-electron chi connectivity index (χ4n) is 3.27. The molecular formula is C21H25F3N4O. The Morgan fingerprint density at radius 2 is 1.66 bits per heavy atom. The highest BCUT2D eigenvalue weighted by atomic mass is 19.4. The lowest BCUT2D eigenvalue weighted by atomic mass is 9.88. The summed E-state index contributed by atoms with van der Waals surface area (Å²) in [6, 6.07) is 5.70. The zero-order chi connectivity index (χ0) is 21.4. The molecule has 0 fully saturated rings. The summed E-state index contributed by atoms with van der Waals surface area (Å²) in [6.07, 6.45) is 0.0228. The molecule has 0 saturated heterocycles. The van der Waals surface area contributed by atoms with Crippen molar-refractivity contribution in [3.05, 3.63) is 59.9 Å². The van der Waals surface area contributed by atoms with Crippen LogP contribution < -0.4 is 0 Å². The van der Waals surface area contributed by atoms with E-state index in [4.69, 9.17) is 0 Å². The van der Waals surface area contributed by atoms with Crippen LogP contribution in [-0.4, -0.2) is 31.0 Å². The van der Waals surface area contributed by atoms with Crippen molar-refractivity contribution in [1.29, 1.82) is 0 Å². The molecule has 0 bridgehead atoms. The van der Waals surface area contributed by atoms with E-state index < -0.39 is 18.2 Å². The monoisotopic (exact) mass is 406 g/mol. The van der Waals surface area contributed by atoms with Crippen LogP contribution in [0.25, 0.3) is 11.1 Å². The Morgan fingerprint density at radius 1 is 1.00 bits per heavy atom. The van der Waals surface area contributed by atoms with Crippen LogP contribution in [0.1, 0.15) is 37.9 Å².